The molecule has 186 valence electrons. The van der Waals surface area contributed by atoms with Crippen LogP contribution in [0.2, 0.25) is 0 Å². The Labute approximate surface area is 210 Å². The highest BCUT2D eigenvalue weighted by Gasteiger charge is 2.22. The van der Waals surface area contributed by atoms with Crippen LogP contribution in [0.3, 0.4) is 0 Å². The van der Waals surface area contributed by atoms with Gasteiger partial charge >= 0.3 is 0 Å². The number of anilines is 2. The number of carbonyl (C=O) groups excluding carboxylic acids is 1. The number of rotatable bonds is 7. The van der Waals surface area contributed by atoms with Gasteiger partial charge in [0.2, 0.25) is 15.7 Å². The van der Waals surface area contributed by atoms with Crippen LogP contribution in [0.15, 0.2) is 87.4 Å². The lowest BCUT2D eigenvalue weighted by molar-refractivity contribution is -0.114. The van der Waals surface area contributed by atoms with E-state index in [1.807, 2.05) is 30.3 Å². The summed E-state index contributed by atoms with van der Waals surface area (Å²) in [5, 5.41) is 5.75. The molecular weight excluding hydrogens is 476 g/mol. The number of hydrogen-bond acceptors (Lipinski definition) is 5. The molecule has 0 radical (unpaired) electrons. The first-order valence-electron chi connectivity index (χ1n) is 11.4. The summed E-state index contributed by atoms with van der Waals surface area (Å²) in [5.74, 6) is -0.422. The van der Waals surface area contributed by atoms with Crippen LogP contribution in [0.25, 0.3) is 5.69 Å². The maximum absolute atomic E-state index is 13.2. The Morgan fingerprint density at radius 1 is 0.917 bits per heavy atom. The number of hydrogen-bond donors (Lipinski definition) is 2. The standard InChI is InChI=1S/C27H28N4O4S/c1-18-15-23(19(2)24(16-18)36(34,35)22-13-9-6-10-14-22)28-17-25(32)29-26-20(3)30(4)31(27(26)33)21-11-7-5-8-12-21/h5-16,28H,17H2,1-4H3,(H,29,32). The Kier molecular flexibility index (Phi) is 6.85. The highest BCUT2D eigenvalue weighted by atomic mass is 32.2. The topological polar surface area (TPSA) is 102 Å². The molecule has 1 aromatic heterocycles. The molecule has 0 fully saturated rings. The first-order chi connectivity index (χ1) is 17.1. The minimum atomic E-state index is -3.73. The Morgan fingerprint density at radius 3 is 2.17 bits per heavy atom. The summed E-state index contributed by atoms with van der Waals surface area (Å²) in [5.41, 5.74) is 2.95. The van der Waals surface area contributed by atoms with E-state index in [1.54, 1.807) is 75.0 Å². The van der Waals surface area contributed by atoms with E-state index in [1.165, 1.54) is 4.68 Å². The van der Waals surface area contributed by atoms with Crippen molar-refractivity contribution in [3.8, 4) is 5.69 Å². The summed E-state index contributed by atoms with van der Waals surface area (Å²) < 4.78 is 29.6. The molecule has 0 saturated heterocycles. The second kappa shape index (κ2) is 9.87. The predicted molar refractivity (Wildman–Crippen MR) is 141 cm³/mol. The minimum Gasteiger partial charge on any atom is -0.376 e. The molecule has 4 aromatic rings. The van der Waals surface area contributed by atoms with Gasteiger partial charge in [-0.1, -0.05) is 36.4 Å². The van der Waals surface area contributed by atoms with E-state index in [0.717, 1.165) is 5.56 Å². The molecule has 9 heteroatoms. The zero-order chi connectivity index (χ0) is 26.0. The van der Waals surface area contributed by atoms with Crippen LogP contribution in [0.1, 0.15) is 16.8 Å². The number of nitrogens with zero attached hydrogens (tertiary/aromatic N) is 2. The molecular formula is C27H28N4O4S. The average Bonchev–Trinajstić information content (AvgIpc) is 3.08. The summed E-state index contributed by atoms with van der Waals surface area (Å²) in [6.07, 6.45) is 0. The Hall–Kier alpha value is -4.11. The van der Waals surface area contributed by atoms with Gasteiger partial charge in [0.15, 0.2) is 0 Å². The summed E-state index contributed by atoms with van der Waals surface area (Å²) >= 11 is 0. The van der Waals surface area contributed by atoms with E-state index < -0.39 is 15.7 Å². The quantitative estimate of drug-likeness (QED) is 0.396. The van der Waals surface area contributed by atoms with Crippen molar-refractivity contribution < 1.29 is 13.2 Å². The third kappa shape index (κ3) is 4.70. The molecule has 0 unspecified atom stereocenters. The van der Waals surface area contributed by atoms with E-state index in [2.05, 4.69) is 10.6 Å². The van der Waals surface area contributed by atoms with Crippen molar-refractivity contribution in [1.82, 2.24) is 9.36 Å². The van der Waals surface area contributed by atoms with Crippen molar-refractivity contribution in [2.24, 2.45) is 7.05 Å². The van der Waals surface area contributed by atoms with Crippen molar-refractivity contribution >= 4 is 27.1 Å². The first-order valence-corrected chi connectivity index (χ1v) is 12.9. The zero-order valence-corrected chi connectivity index (χ0v) is 21.4. The largest absolute Gasteiger partial charge is 0.376 e. The molecule has 4 rings (SSSR count). The fraction of sp³-hybridized carbons (Fsp3) is 0.185. The molecule has 3 aromatic carbocycles. The summed E-state index contributed by atoms with van der Waals surface area (Å²) in [7, 11) is -1.98. The maximum Gasteiger partial charge on any atom is 0.295 e. The number of aryl methyl sites for hydroxylation is 1. The first kappa shape index (κ1) is 25.0. The van der Waals surface area contributed by atoms with E-state index in [-0.39, 0.29) is 27.6 Å². The van der Waals surface area contributed by atoms with Crippen LogP contribution in [-0.4, -0.2) is 30.2 Å². The van der Waals surface area contributed by atoms with Gasteiger partial charge in [-0.05, 0) is 68.3 Å². The van der Waals surface area contributed by atoms with Crippen LogP contribution in [-0.2, 0) is 21.7 Å². The highest BCUT2D eigenvalue weighted by Crippen LogP contribution is 2.30. The molecule has 1 amide bonds. The molecule has 0 aliphatic carbocycles. The van der Waals surface area contributed by atoms with Crippen LogP contribution in [0.5, 0.6) is 0 Å². The fourth-order valence-corrected chi connectivity index (χ4v) is 5.71. The minimum absolute atomic E-state index is 0.145. The van der Waals surface area contributed by atoms with Gasteiger partial charge in [-0.3, -0.25) is 14.3 Å². The van der Waals surface area contributed by atoms with Crippen molar-refractivity contribution in [3.05, 3.63) is 100.0 Å². The molecule has 0 saturated carbocycles. The number of carbonyl (C=O) groups is 1. The van der Waals surface area contributed by atoms with Crippen LogP contribution in [0.4, 0.5) is 11.4 Å². The lowest BCUT2D eigenvalue weighted by Crippen LogP contribution is -2.26. The van der Waals surface area contributed by atoms with E-state index in [0.29, 0.717) is 22.6 Å². The maximum atomic E-state index is 13.2. The fourth-order valence-electron chi connectivity index (χ4n) is 4.09. The average molecular weight is 505 g/mol. The Morgan fingerprint density at radius 2 is 1.53 bits per heavy atom. The highest BCUT2D eigenvalue weighted by molar-refractivity contribution is 7.91. The number of amides is 1. The van der Waals surface area contributed by atoms with Gasteiger partial charge < -0.3 is 10.6 Å². The van der Waals surface area contributed by atoms with Crippen LogP contribution in [0, 0.1) is 20.8 Å². The van der Waals surface area contributed by atoms with Gasteiger partial charge in [-0.25, -0.2) is 13.1 Å². The van der Waals surface area contributed by atoms with Gasteiger partial charge in [0.25, 0.3) is 5.56 Å². The predicted octanol–water partition coefficient (Wildman–Crippen LogP) is 3.98. The monoisotopic (exact) mass is 504 g/mol. The van der Waals surface area contributed by atoms with E-state index in [4.69, 9.17) is 0 Å². The molecule has 2 N–H and O–H groups in total. The van der Waals surface area contributed by atoms with Crippen molar-refractivity contribution in [1.29, 1.82) is 0 Å². The molecule has 0 spiro atoms. The number of sulfone groups is 1. The third-order valence-electron chi connectivity index (χ3n) is 6.11. The van der Waals surface area contributed by atoms with Crippen molar-refractivity contribution in [2.45, 2.75) is 30.6 Å². The van der Waals surface area contributed by atoms with Gasteiger partial charge in [0.05, 0.1) is 27.7 Å². The third-order valence-corrected chi connectivity index (χ3v) is 8.00. The molecule has 0 atom stereocenters. The van der Waals surface area contributed by atoms with Gasteiger partial charge in [0, 0.05) is 12.7 Å². The molecule has 36 heavy (non-hydrogen) atoms. The van der Waals surface area contributed by atoms with E-state index in [9.17, 15) is 18.0 Å². The summed E-state index contributed by atoms with van der Waals surface area (Å²) in [4.78, 5) is 26.2. The Bertz CT molecular complexity index is 1590. The zero-order valence-electron chi connectivity index (χ0n) is 20.6. The number of aromatic nitrogens is 2. The summed E-state index contributed by atoms with van der Waals surface area (Å²) in [6, 6.07) is 20.8. The molecule has 1 heterocycles. The number of benzene rings is 3. The normalized spacial score (nSPS) is 11.3. The van der Waals surface area contributed by atoms with Gasteiger partial charge in [-0.2, -0.15) is 0 Å². The molecule has 0 bridgehead atoms. The van der Waals surface area contributed by atoms with Crippen molar-refractivity contribution in [2.75, 3.05) is 17.2 Å². The van der Waals surface area contributed by atoms with Gasteiger partial charge in [0.1, 0.15) is 5.69 Å². The Balaban J connectivity index is 1.56. The molecule has 0 aliphatic rings. The smallest absolute Gasteiger partial charge is 0.295 e. The second-order valence-electron chi connectivity index (χ2n) is 8.59. The number of nitrogens with one attached hydrogen (secondary N) is 2. The van der Waals surface area contributed by atoms with Crippen LogP contribution < -0.4 is 16.2 Å². The SMILES string of the molecule is Cc1cc(NCC(=O)Nc2c(C)n(C)n(-c3ccccc3)c2=O)c(C)c(S(=O)(=O)c2ccccc2)c1. The van der Waals surface area contributed by atoms with E-state index >= 15 is 0 Å². The lowest BCUT2D eigenvalue weighted by Gasteiger charge is -2.15. The second-order valence-corrected chi connectivity index (χ2v) is 10.5. The molecule has 0 aliphatic heterocycles. The van der Waals surface area contributed by atoms with Crippen molar-refractivity contribution in [3.63, 3.8) is 0 Å². The summed E-state index contributed by atoms with van der Waals surface area (Å²) in [6.45, 7) is 5.12. The lowest BCUT2D eigenvalue weighted by atomic mass is 10.1. The molecule has 8 nitrogen and oxygen atoms in total. The number of para-hydroxylation sites is 1. The van der Waals surface area contributed by atoms with Crippen LogP contribution >= 0.6 is 0 Å². The van der Waals surface area contributed by atoms with Gasteiger partial charge in [-0.15, -0.1) is 0 Å².